The van der Waals surface area contributed by atoms with E-state index in [4.69, 9.17) is 0 Å². The summed E-state index contributed by atoms with van der Waals surface area (Å²) in [5.74, 6) is -2.37. The highest BCUT2D eigenvalue weighted by Gasteiger charge is 2.19. The van der Waals surface area contributed by atoms with Crippen molar-refractivity contribution < 1.29 is 13.6 Å². The lowest BCUT2D eigenvalue weighted by atomic mass is 10.1. The van der Waals surface area contributed by atoms with Crippen LogP contribution in [0.15, 0.2) is 42.5 Å². The van der Waals surface area contributed by atoms with Crippen LogP contribution in [0.25, 0.3) is 0 Å². The smallest absolute Gasteiger partial charge is 0.259 e. The topological polar surface area (TPSA) is 46.9 Å². The number of nitrogens with one attached hydrogen (secondary N) is 1. The molecule has 1 amide bonds. The van der Waals surface area contributed by atoms with Gasteiger partial charge >= 0.3 is 0 Å². The number of aryl methyl sites for hydroxylation is 2. The van der Waals surface area contributed by atoms with Crippen LogP contribution < -0.4 is 5.32 Å². The van der Waals surface area contributed by atoms with Crippen molar-refractivity contribution in [1.82, 2.24) is 9.78 Å². The first-order valence-electron chi connectivity index (χ1n) is 8.21. The van der Waals surface area contributed by atoms with Gasteiger partial charge < -0.3 is 5.32 Å². The maximum Gasteiger partial charge on any atom is 0.259 e. The molecule has 6 heteroatoms. The number of hydrogen-bond donors (Lipinski definition) is 1. The van der Waals surface area contributed by atoms with Crippen molar-refractivity contribution in [1.29, 1.82) is 0 Å². The molecule has 0 bridgehead atoms. The van der Waals surface area contributed by atoms with Gasteiger partial charge in [-0.05, 0) is 38.5 Å². The van der Waals surface area contributed by atoms with Gasteiger partial charge in [0.2, 0.25) is 0 Å². The molecule has 0 unspecified atom stereocenters. The third kappa shape index (κ3) is 3.64. The van der Waals surface area contributed by atoms with Crippen LogP contribution in [0.3, 0.4) is 0 Å². The molecule has 0 radical (unpaired) electrons. The van der Waals surface area contributed by atoms with Gasteiger partial charge in [-0.25, -0.2) is 8.78 Å². The van der Waals surface area contributed by atoms with Crippen molar-refractivity contribution in [2.75, 3.05) is 5.32 Å². The lowest BCUT2D eigenvalue weighted by Crippen LogP contribution is -2.14. The van der Waals surface area contributed by atoms with E-state index >= 15 is 0 Å². The zero-order valence-electron chi connectivity index (χ0n) is 14.8. The number of anilines is 1. The summed E-state index contributed by atoms with van der Waals surface area (Å²) < 4.78 is 28.1. The van der Waals surface area contributed by atoms with Crippen molar-refractivity contribution in [3.63, 3.8) is 0 Å². The number of carbonyl (C=O) groups excluding carboxylic acids is 1. The highest BCUT2D eigenvalue weighted by molar-refractivity contribution is 6.05. The number of rotatable bonds is 4. The number of benzene rings is 2. The average molecular weight is 355 g/mol. The maximum atomic E-state index is 13.3. The molecule has 4 nitrogen and oxygen atoms in total. The van der Waals surface area contributed by atoms with E-state index in [0.717, 1.165) is 17.7 Å². The van der Waals surface area contributed by atoms with Gasteiger partial charge in [0.25, 0.3) is 5.91 Å². The number of nitrogens with zero attached hydrogens (tertiary/aromatic N) is 2. The van der Waals surface area contributed by atoms with E-state index in [2.05, 4.69) is 10.4 Å². The number of hydrogen-bond acceptors (Lipinski definition) is 2. The van der Waals surface area contributed by atoms with Gasteiger partial charge in [0.1, 0.15) is 0 Å². The molecule has 1 heterocycles. The van der Waals surface area contributed by atoms with Gasteiger partial charge in [-0.1, -0.05) is 29.8 Å². The van der Waals surface area contributed by atoms with Gasteiger partial charge in [0.15, 0.2) is 11.6 Å². The van der Waals surface area contributed by atoms with E-state index in [-0.39, 0.29) is 5.69 Å². The third-order valence-corrected chi connectivity index (χ3v) is 4.24. The third-order valence-electron chi connectivity index (χ3n) is 4.24. The van der Waals surface area contributed by atoms with Crippen LogP contribution in [0, 0.1) is 32.4 Å². The van der Waals surface area contributed by atoms with Crippen LogP contribution in [-0.4, -0.2) is 15.7 Å². The van der Waals surface area contributed by atoms with E-state index in [0.29, 0.717) is 23.5 Å². The summed E-state index contributed by atoms with van der Waals surface area (Å²) in [7, 11) is 0. The Morgan fingerprint density at radius 1 is 1.04 bits per heavy atom. The molecule has 0 atom stereocenters. The molecule has 0 saturated heterocycles. The Kier molecular flexibility index (Phi) is 4.84. The largest absolute Gasteiger partial charge is 0.322 e. The molecule has 1 aromatic heterocycles. The minimum absolute atomic E-state index is 0.194. The van der Waals surface area contributed by atoms with Crippen LogP contribution in [0.5, 0.6) is 0 Å². The number of halogens is 2. The maximum absolute atomic E-state index is 13.3. The summed E-state index contributed by atoms with van der Waals surface area (Å²) in [5.41, 5.74) is 4.17. The second-order valence-electron chi connectivity index (χ2n) is 6.27. The Morgan fingerprint density at radius 2 is 1.73 bits per heavy atom. The van der Waals surface area contributed by atoms with E-state index in [1.165, 1.54) is 11.6 Å². The van der Waals surface area contributed by atoms with Crippen LogP contribution in [0.1, 0.15) is 32.9 Å². The second kappa shape index (κ2) is 7.07. The van der Waals surface area contributed by atoms with E-state index in [9.17, 15) is 13.6 Å². The fourth-order valence-corrected chi connectivity index (χ4v) is 2.81. The van der Waals surface area contributed by atoms with Crippen molar-refractivity contribution in [2.24, 2.45) is 0 Å². The van der Waals surface area contributed by atoms with Crippen LogP contribution in [0.2, 0.25) is 0 Å². The molecule has 134 valence electrons. The van der Waals surface area contributed by atoms with Gasteiger partial charge in [0, 0.05) is 17.4 Å². The van der Waals surface area contributed by atoms with Crippen molar-refractivity contribution in [2.45, 2.75) is 27.3 Å². The predicted octanol–water partition coefficient (Wildman–Crippen LogP) is 4.39. The quantitative estimate of drug-likeness (QED) is 0.755. The average Bonchev–Trinajstić information content (AvgIpc) is 2.87. The Bertz CT molecular complexity index is 962. The van der Waals surface area contributed by atoms with E-state index in [1.807, 2.05) is 38.1 Å². The lowest BCUT2D eigenvalue weighted by Gasteiger charge is -2.08. The summed E-state index contributed by atoms with van der Waals surface area (Å²) in [5, 5.41) is 7.04. The van der Waals surface area contributed by atoms with Gasteiger partial charge in [-0.15, -0.1) is 0 Å². The first-order chi connectivity index (χ1) is 12.3. The summed E-state index contributed by atoms with van der Waals surface area (Å²) in [4.78, 5) is 12.6. The predicted molar refractivity (Wildman–Crippen MR) is 96.3 cm³/mol. The molecule has 3 rings (SSSR count). The minimum atomic E-state index is -1.01. The lowest BCUT2D eigenvalue weighted by molar-refractivity contribution is 0.102. The van der Waals surface area contributed by atoms with Gasteiger partial charge in [0.05, 0.1) is 17.8 Å². The summed E-state index contributed by atoms with van der Waals surface area (Å²) in [6, 6.07) is 11.3. The number of amides is 1. The number of carbonyl (C=O) groups is 1. The normalized spacial score (nSPS) is 10.8. The number of aromatic nitrogens is 2. The fraction of sp³-hybridized carbons (Fsp3) is 0.200. The molecule has 0 fully saturated rings. The van der Waals surface area contributed by atoms with Crippen LogP contribution >= 0.6 is 0 Å². The molecule has 0 spiro atoms. The monoisotopic (exact) mass is 355 g/mol. The van der Waals surface area contributed by atoms with E-state index in [1.54, 1.807) is 11.6 Å². The van der Waals surface area contributed by atoms with Crippen LogP contribution in [0.4, 0.5) is 14.5 Å². The van der Waals surface area contributed by atoms with Crippen LogP contribution in [-0.2, 0) is 6.54 Å². The van der Waals surface area contributed by atoms with Gasteiger partial charge in [-0.2, -0.15) is 5.10 Å². The zero-order valence-corrected chi connectivity index (χ0v) is 14.8. The Balaban J connectivity index is 1.83. The Hall–Kier alpha value is -3.02. The molecule has 2 aromatic carbocycles. The summed E-state index contributed by atoms with van der Waals surface area (Å²) >= 11 is 0. The molecule has 0 aliphatic heterocycles. The minimum Gasteiger partial charge on any atom is -0.322 e. The zero-order chi connectivity index (χ0) is 18.8. The van der Waals surface area contributed by atoms with Gasteiger partial charge in [-0.3, -0.25) is 9.48 Å². The van der Waals surface area contributed by atoms with E-state index < -0.39 is 17.5 Å². The van der Waals surface area contributed by atoms with Crippen molar-refractivity contribution >= 4 is 11.6 Å². The van der Waals surface area contributed by atoms with Crippen molar-refractivity contribution in [3.8, 4) is 0 Å². The Labute approximate surface area is 150 Å². The van der Waals surface area contributed by atoms with Crippen molar-refractivity contribution in [3.05, 3.63) is 82.2 Å². The summed E-state index contributed by atoms with van der Waals surface area (Å²) in [6.45, 7) is 6.13. The molecule has 3 aromatic rings. The molecule has 0 saturated carbocycles. The molecule has 1 N–H and O–H groups in total. The molecule has 26 heavy (non-hydrogen) atoms. The molecular formula is C20H19F2N3O. The second-order valence-corrected chi connectivity index (χ2v) is 6.27. The highest BCUT2D eigenvalue weighted by Crippen LogP contribution is 2.19. The fourth-order valence-electron chi connectivity index (χ4n) is 2.81. The first kappa shape index (κ1) is 17.8. The molecular weight excluding hydrogens is 336 g/mol. The Morgan fingerprint density at radius 3 is 2.38 bits per heavy atom. The molecule has 0 aliphatic rings. The standard InChI is InChI=1S/C20H19F2N3O/c1-12-4-6-15(7-5-12)11-25-14(3)19(13(2)24-25)20(26)23-16-8-9-17(21)18(22)10-16/h4-10H,11H2,1-3H3,(H,23,26). The highest BCUT2D eigenvalue weighted by atomic mass is 19.2. The SMILES string of the molecule is Cc1ccc(Cn2nc(C)c(C(=O)Nc3ccc(F)c(F)c3)c2C)cc1. The first-order valence-corrected chi connectivity index (χ1v) is 8.21. The molecule has 0 aliphatic carbocycles. The summed E-state index contributed by atoms with van der Waals surface area (Å²) in [6.07, 6.45) is 0.